The van der Waals surface area contributed by atoms with E-state index in [0.717, 1.165) is 5.56 Å². The third-order valence-corrected chi connectivity index (χ3v) is 8.45. The summed E-state index contributed by atoms with van der Waals surface area (Å²) in [7, 11) is -0.868. The van der Waals surface area contributed by atoms with E-state index in [1.165, 1.54) is 30.6 Å². The zero-order valence-corrected chi connectivity index (χ0v) is 22.8. The first-order valence-corrected chi connectivity index (χ1v) is 13.7. The van der Waals surface area contributed by atoms with Gasteiger partial charge in [-0.1, -0.05) is 40.6 Å². The molecule has 0 radical (unpaired) electrons. The van der Waals surface area contributed by atoms with E-state index in [9.17, 15) is 13.2 Å². The number of nitrogens with one attached hydrogen (secondary N) is 2. The lowest BCUT2D eigenvalue weighted by Crippen LogP contribution is -2.15. The van der Waals surface area contributed by atoms with Gasteiger partial charge in [-0.15, -0.1) is 0 Å². The van der Waals surface area contributed by atoms with E-state index >= 15 is 0 Å². The largest absolute Gasteiger partial charge is 0.493 e. The zero-order valence-electron chi connectivity index (χ0n) is 20.4. The topological polar surface area (TPSA) is 127 Å². The maximum Gasteiger partial charge on any atom is 0.307 e. The number of nitrogens with zero attached hydrogens (tertiary/aromatic N) is 1. The Morgan fingerprint density at radius 2 is 1.86 bits per heavy atom. The number of hydrogen-bond acceptors (Lipinski definition) is 8. The Morgan fingerprint density at radius 3 is 2.51 bits per heavy atom. The van der Waals surface area contributed by atoms with E-state index in [4.69, 9.17) is 26.2 Å². The van der Waals surface area contributed by atoms with Crippen LogP contribution in [-0.2, 0) is 21.2 Å². The minimum absolute atomic E-state index is 0.137. The van der Waals surface area contributed by atoms with Crippen molar-refractivity contribution in [3.8, 4) is 17.2 Å². The van der Waals surface area contributed by atoms with Crippen molar-refractivity contribution < 1.29 is 27.8 Å². The second-order valence-corrected chi connectivity index (χ2v) is 11.3. The number of aromatic nitrogens is 1. The van der Waals surface area contributed by atoms with E-state index in [2.05, 4.69) is 15.0 Å². The van der Waals surface area contributed by atoms with Crippen molar-refractivity contribution >= 4 is 60.0 Å². The van der Waals surface area contributed by atoms with Gasteiger partial charge in [0, 0.05) is 18.1 Å². The molecule has 1 aromatic heterocycles. The van der Waals surface area contributed by atoms with Gasteiger partial charge >= 0.3 is 5.97 Å². The van der Waals surface area contributed by atoms with Gasteiger partial charge in [0.05, 0.1) is 28.6 Å². The summed E-state index contributed by atoms with van der Waals surface area (Å²) < 4.78 is 41.8. The molecule has 0 aliphatic rings. The highest BCUT2D eigenvalue weighted by molar-refractivity contribution is 7.92. The van der Waals surface area contributed by atoms with E-state index in [0.29, 0.717) is 26.5 Å². The molecular formula is C25H24ClN3O6S2. The number of halogens is 1. The molecule has 12 heteroatoms. The number of hydrogen-bond donors (Lipinski definition) is 3. The molecule has 0 saturated carbocycles. The summed E-state index contributed by atoms with van der Waals surface area (Å²) in [6.07, 6.45) is -0.296. The minimum atomic E-state index is -4.00. The number of benzene rings is 3. The summed E-state index contributed by atoms with van der Waals surface area (Å²) >= 11 is 7.58. The maximum absolute atomic E-state index is 13.5. The third-order valence-electron chi connectivity index (χ3n) is 5.48. The predicted octanol–water partition coefficient (Wildman–Crippen LogP) is 5.84. The first-order valence-electron chi connectivity index (χ1n) is 11.0. The number of ether oxygens (including phenoxy) is 2. The first kappa shape index (κ1) is 26.5. The van der Waals surface area contributed by atoms with Crippen molar-refractivity contribution in [3.05, 3.63) is 64.2 Å². The van der Waals surface area contributed by atoms with Crippen LogP contribution in [0.1, 0.15) is 16.7 Å². The number of aliphatic carboxylic acids is 1. The molecule has 0 aliphatic carbocycles. The zero-order chi connectivity index (χ0) is 26.9. The molecule has 9 nitrogen and oxygen atoms in total. The van der Waals surface area contributed by atoms with Crippen LogP contribution in [0.5, 0.6) is 17.2 Å². The number of rotatable bonds is 9. The summed E-state index contributed by atoms with van der Waals surface area (Å²) in [4.78, 5) is 15.8. The molecule has 0 spiro atoms. The lowest BCUT2D eigenvalue weighted by atomic mass is 10.1. The molecule has 0 fully saturated rings. The van der Waals surface area contributed by atoms with Crippen molar-refractivity contribution in [2.75, 3.05) is 24.2 Å². The molecule has 0 bridgehead atoms. The van der Waals surface area contributed by atoms with Crippen LogP contribution < -0.4 is 19.5 Å². The quantitative estimate of drug-likeness (QED) is 0.233. The molecule has 0 atom stereocenters. The van der Waals surface area contributed by atoms with Crippen LogP contribution in [0.3, 0.4) is 0 Å². The first-order chi connectivity index (χ1) is 17.5. The van der Waals surface area contributed by atoms with Crippen LogP contribution in [-0.4, -0.2) is 38.6 Å². The third kappa shape index (κ3) is 5.58. The molecule has 4 aromatic rings. The highest BCUT2D eigenvalue weighted by Crippen LogP contribution is 2.44. The summed E-state index contributed by atoms with van der Waals surface area (Å²) in [5, 5.41) is 12.9. The number of methoxy groups -OCH3 is 1. The van der Waals surface area contributed by atoms with Gasteiger partial charge in [0.25, 0.3) is 10.0 Å². The molecule has 0 unspecified atom stereocenters. The van der Waals surface area contributed by atoms with Crippen molar-refractivity contribution in [3.63, 3.8) is 0 Å². The normalized spacial score (nSPS) is 11.4. The Hall–Kier alpha value is -3.54. The lowest BCUT2D eigenvalue weighted by molar-refractivity contribution is -0.136. The van der Waals surface area contributed by atoms with E-state index in [1.54, 1.807) is 44.3 Å². The second kappa shape index (κ2) is 10.4. The van der Waals surface area contributed by atoms with E-state index < -0.39 is 16.0 Å². The number of carbonyl (C=O) groups is 1. The molecule has 37 heavy (non-hydrogen) atoms. The summed E-state index contributed by atoms with van der Waals surface area (Å²) in [6.45, 7) is 3.62. The predicted molar refractivity (Wildman–Crippen MR) is 145 cm³/mol. The van der Waals surface area contributed by atoms with E-state index in [-0.39, 0.29) is 39.3 Å². The second-order valence-electron chi connectivity index (χ2n) is 8.20. The standard InChI is InChI=1S/C25H24ClN3O6S2/c1-13-5-8-21(14(2)9-13)37(32,33)29-23-18(7-6-17-24(23)36-25(27-3)28-17)35-20-12-16(26)15(11-22(30)31)10-19(20)34-4/h5-10,12,29H,11H2,1-4H3,(H,27,28)(H,30,31). The van der Waals surface area contributed by atoms with Crippen molar-refractivity contribution in [1.29, 1.82) is 0 Å². The highest BCUT2D eigenvalue weighted by atomic mass is 35.5. The molecule has 0 aliphatic heterocycles. The lowest BCUT2D eigenvalue weighted by Gasteiger charge is -2.17. The van der Waals surface area contributed by atoms with Crippen molar-refractivity contribution in [1.82, 2.24) is 4.98 Å². The fraction of sp³-hybridized carbons (Fsp3) is 0.200. The van der Waals surface area contributed by atoms with Gasteiger partial charge in [-0.05, 0) is 49.2 Å². The van der Waals surface area contributed by atoms with Crippen molar-refractivity contribution in [2.45, 2.75) is 25.2 Å². The Labute approximate surface area is 223 Å². The van der Waals surface area contributed by atoms with Gasteiger partial charge in [-0.25, -0.2) is 13.4 Å². The minimum Gasteiger partial charge on any atom is -0.493 e. The molecular weight excluding hydrogens is 538 g/mol. The van der Waals surface area contributed by atoms with Gasteiger partial charge in [0.2, 0.25) is 0 Å². The summed E-state index contributed by atoms with van der Waals surface area (Å²) in [5.41, 5.74) is 2.67. The number of carboxylic acid groups (broad SMARTS) is 1. The van der Waals surface area contributed by atoms with Crippen molar-refractivity contribution in [2.24, 2.45) is 0 Å². The molecule has 0 amide bonds. The van der Waals surface area contributed by atoms with Gasteiger partial charge < -0.3 is 19.9 Å². The molecule has 4 rings (SSSR count). The molecule has 3 aromatic carbocycles. The Balaban J connectivity index is 1.84. The van der Waals surface area contributed by atoms with Crippen LogP contribution in [0.4, 0.5) is 10.8 Å². The SMILES string of the molecule is CNc1nc2ccc(Oc3cc(Cl)c(CC(=O)O)cc3OC)c(NS(=O)(=O)c3ccc(C)cc3C)c2s1. The Kier molecular flexibility index (Phi) is 7.49. The van der Waals surface area contributed by atoms with Gasteiger partial charge in [0.1, 0.15) is 5.69 Å². The van der Waals surface area contributed by atoms with Crippen LogP contribution in [0.2, 0.25) is 5.02 Å². The fourth-order valence-electron chi connectivity index (χ4n) is 3.79. The number of fused-ring (bicyclic) bond motifs is 1. The number of anilines is 2. The average Bonchev–Trinajstić information content (AvgIpc) is 3.25. The summed E-state index contributed by atoms with van der Waals surface area (Å²) in [5.74, 6) is -0.431. The maximum atomic E-state index is 13.5. The van der Waals surface area contributed by atoms with Gasteiger partial charge in [-0.2, -0.15) is 0 Å². The van der Waals surface area contributed by atoms with Crippen LogP contribution in [0.25, 0.3) is 10.2 Å². The van der Waals surface area contributed by atoms with Crippen LogP contribution in [0, 0.1) is 13.8 Å². The van der Waals surface area contributed by atoms with Gasteiger partial charge in [0.15, 0.2) is 22.4 Å². The van der Waals surface area contributed by atoms with E-state index in [1.807, 2.05) is 6.92 Å². The van der Waals surface area contributed by atoms with Crippen LogP contribution in [0.15, 0.2) is 47.4 Å². The monoisotopic (exact) mass is 561 g/mol. The Bertz CT molecular complexity index is 1620. The summed E-state index contributed by atoms with van der Waals surface area (Å²) in [6, 6.07) is 11.3. The number of carboxylic acids is 1. The number of thiazole rings is 1. The number of aryl methyl sites for hydroxylation is 2. The Morgan fingerprint density at radius 1 is 1.11 bits per heavy atom. The van der Waals surface area contributed by atoms with Gasteiger partial charge in [-0.3, -0.25) is 9.52 Å². The smallest absolute Gasteiger partial charge is 0.307 e. The fourth-order valence-corrected chi connectivity index (χ4v) is 6.29. The highest BCUT2D eigenvalue weighted by Gasteiger charge is 2.24. The number of sulfonamides is 1. The molecule has 3 N–H and O–H groups in total. The average molecular weight is 562 g/mol. The molecule has 194 valence electrons. The molecule has 1 heterocycles. The molecule has 0 saturated heterocycles. The van der Waals surface area contributed by atoms with Crippen LogP contribution >= 0.6 is 22.9 Å².